The molecule has 2 fully saturated rings. The minimum atomic E-state index is -0.757. The Balaban J connectivity index is 1.55. The summed E-state index contributed by atoms with van der Waals surface area (Å²) >= 11 is 0. The first kappa shape index (κ1) is 21.3. The van der Waals surface area contributed by atoms with E-state index in [0.29, 0.717) is 5.69 Å². The number of carbonyl (C=O) groups is 1. The van der Waals surface area contributed by atoms with Gasteiger partial charge in [0, 0.05) is 25.2 Å². The van der Waals surface area contributed by atoms with Crippen LogP contribution in [-0.2, 0) is 0 Å². The van der Waals surface area contributed by atoms with E-state index in [0.717, 1.165) is 50.7 Å². The molecule has 2 aromatic rings. The molecule has 1 saturated heterocycles. The monoisotopic (exact) mass is 427 g/mol. The number of primary amides is 1. The van der Waals surface area contributed by atoms with E-state index in [-0.39, 0.29) is 29.3 Å². The number of hydrogen-bond donors (Lipinski definition) is 4. The van der Waals surface area contributed by atoms with Gasteiger partial charge in [-0.3, -0.25) is 4.79 Å². The number of nitrogens with one attached hydrogen (secondary N) is 2. The van der Waals surface area contributed by atoms with Crippen LogP contribution in [0.4, 0.5) is 27.5 Å². The second kappa shape index (κ2) is 9.47. The van der Waals surface area contributed by atoms with Gasteiger partial charge in [0.1, 0.15) is 11.6 Å². The number of amides is 1. The van der Waals surface area contributed by atoms with Gasteiger partial charge < -0.3 is 27.0 Å². The van der Waals surface area contributed by atoms with Crippen LogP contribution in [0.3, 0.4) is 0 Å². The molecular formula is C22H30FN7O. The average molecular weight is 428 g/mol. The van der Waals surface area contributed by atoms with Gasteiger partial charge in [-0.05, 0) is 50.3 Å². The summed E-state index contributed by atoms with van der Waals surface area (Å²) in [7, 11) is 0. The first-order valence-corrected chi connectivity index (χ1v) is 11.0. The average Bonchev–Trinajstić information content (AvgIpc) is 2.78. The van der Waals surface area contributed by atoms with Gasteiger partial charge in [0.15, 0.2) is 11.6 Å². The fraction of sp³-hybridized carbons (Fsp3) is 0.500. The van der Waals surface area contributed by atoms with Crippen molar-refractivity contribution in [1.82, 2.24) is 9.97 Å². The summed E-state index contributed by atoms with van der Waals surface area (Å²) in [6.07, 6.45) is 9.13. The second-order valence-corrected chi connectivity index (χ2v) is 8.36. The highest BCUT2D eigenvalue weighted by Gasteiger charge is 2.24. The Labute approximate surface area is 181 Å². The van der Waals surface area contributed by atoms with E-state index >= 15 is 0 Å². The van der Waals surface area contributed by atoms with Gasteiger partial charge in [0.25, 0.3) is 5.91 Å². The van der Waals surface area contributed by atoms with Crippen molar-refractivity contribution in [2.75, 3.05) is 28.6 Å². The van der Waals surface area contributed by atoms with Crippen molar-refractivity contribution >= 4 is 29.0 Å². The van der Waals surface area contributed by atoms with Crippen LogP contribution in [-0.4, -0.2) is 41.0 Å². The molecule has 2 aliphatic rings. The van der Waals surface area contributed by atoms with Crippen LogP contribution in [0, 0.1) is 5.82 Å². The smallest absolute Gasteiger partial charge is 0.252 e. The lowest BCUT2D eigenvalue weighted by atomic mass is 9.91. The molecule has 3 heterocycles. The van der Waals surface area contributed by atoms with Gasteiger partial charge in [-0.25, -0.2) is 14.4 Å². The Hall–Kier alpha value is -2.94. The summed E-state index contributed by atoms with van der Waals surface area (Å²) < 4.78 is 14.7. The van der Waals surface area contributed by atoms with Crippen LogP contribution in [0.5, 0.6) is 0 Å². The molecule has 2 atom stereocenters. The predicted molar refractivity (Wildman–Crippen MR) is 120 cm³/mol. The number of carbonyl (C=O) groups excluding carboxylic acids is 1. The number of piperidine rings is 1. The molecule has 0 aromatic carbocycles. The lowest BCUT2D eigenvalue weighted by Gasteiger charge is -2.30. The first-order valence-electron chi connectivity index (χ1n) is 11.0. The molecular weight excluding hydrogens is 397 g/mol. The Morgan fingerprint density at radius 2 is 1.87 bits per heavy atom. The summed E-state index contributed by atoms with van der Waals surface area (Å²) in [5.41, 5.74) is 12.3. The Bertz CT molecular complexity index is 915. The molecule has 2 aromatic heterocycles. The minimum Gasteiger partial charge on any atom is -0.365 e. The Kier molecular flexibility index (Phi) is 6.50. The molecule has 0 bridgehead atoms. The normalized spacial score (nSPS) is 21.5. The molecule has 166 valence electrons. The topological polar surface area (TPSA) is 122 Å². The van der Waals surface area contributed by atoms with E-state index in [9.17, 15) is 9.18 Å². The molecule has 0 unspecified atom stereocenters. The van der Waals surface area contributed by atoms with Gasteiger partial charge >= 0.3 is 0 Å². The summed E-state index contributed by atoms with van der Waals surface area (Å²) in [4.78, 5) is 23.0. The maximum absolute atomic E-state index is 14.7. The third-order valence-electron chi connectivity index (χ3n) is 6.07. The van der Waals surface area contributed by atoms with Gasteiger partial charge in [-0.2, -0.15) is 0 Å². The van der Waals surface area contributed by atoms with Crippen molar-refractivity contribution in [2.45, 2.75) is 57.0 Å². The zero-order chi connectivity index (χ0) is 21.8. The third kappa shape index (κ3) is 5.04. The van der Waals surface area contributed by atoms with Crippen molar-refractivity contribution in [3.05, 3.63) is 35.8 Å². The fourth-order valence-electron chi connectivity index (χ4n) is 4.29. The van der Waals surface area contributed by atoms with Gasteiger partial charge in [0.05, 0.1) is 17.4 Å². The molecule has 1 saturated carbocycles. The summed E-state index contributed by atoms with van der Waals surface area (Å²) in [5.74, 6) is -0.217. The maximum atomic E-state index is 14.7. The van der Waals surface area contributed by atoms with Gasteiger partial charge in [0.2, 0.25) is 0 Å². The van der Waals surface area contributed by atoms with Crippen molar-refractivity contribution < 1.29 is 9.18 Å². The highest BCUT2D eigenvalue weighted by molar-refractivity contribution is 5.98. The van der Waals surface area contributed by atoms with Gasteiger partial charge in [-0.1, -0.05) is 12.8 Å². The molecule has 1 amide bonds. The molecule has 4 rings (SSSR count). The van der Waals surface area contributed by atoms with E-state index < -0.39 is 11.7 Å². The highest BCUT2D eigenvalue weighted by Crippen LogP contribution is 2.27. The molecule has 8 nitrogen and oxygen atoms in total. The zero-order valence-corrected chi connectivity index (χ0v) is 17.6. The van der Waals surface area contributed by atoms with Crippen molar-refractivity contribution in [1.29, 1.82) is 0 Å². The van der Waals surface area contributed by atoms with Crippen LogP contribution in [0.1, 0.15) is 55.3 Å². The number of halogens is 1. The van der Waals surface area contributed by atoms with Crippen LogP contribution >= 0.6 is 0 Å². The van der Waals surface area contributed by atoms with Crippen LogP contribution < -0.4 is 27.0 Å². The molecule has 6 N–H and O–H groups in total. The SMILES string of the molecule is NC(=O)c1cc(F)c(N[C@@H]2CCCC[C@@H]2N)nc1Nc1ccc(N2CCCCC2)nc1. The predicted octanol–water partition coefficient (Wildman–Crippen LogP) is 3.13. The largest absolute Gasteiger partial charge is 0.365 e. The van der Waals surface area contributed by atoms with Crippen molar-refractivity contribution in [2.24, 2.45) is 11.5 Å². The fourth-order valence-corrected chi connectivity index (χ4v) is 4.29. The van der Waals surface area contributed by atoms with E-state index in [2.05, 4.69) is 25.5 Å². The standard InChI is InChI=1S/C22H30FN7O/c23-16-12-15(20(25)31)21(29-22(16)28-18-7-3-2-6-17(18)24)27-14-8-9-19(26-13-14)30-10-4-1-5-11-30/h8-9,12-13,17-18H,1-7,10-11,24H2,(H2,25,31)(H2,27,28,29)/t17-,18+/m0/s1. The van der Waals surface area contributed by atoms with Crippen molar-refractivity contribution in [3.8, 4) is 0 Å². The van der Waals surface area contributed by atoms with Crippen molar-refractivity contribution in [3.63, 3.8) is 0 Å². The molecule has 1 aliphatic carbocycles. The van der Waals surface area contributed by atoms with Crippen LogP contribution in [0.15, 0.2) is 24.4 Å². The molecule has 1 aliphatic heterocycles. The number of nitrogens with zero attached hydrogens (tertiary/aromatic N) is 3. The highest BCUT2D eigenvalue weighted by atomic mass is 19.1. The Morgan fingerprint density at radius 3 is 2.55 bits per heavy atom. The number of anilines is 4. The summed E-state index contributed by atoms with van der Waals surface area (Å²) in [6, 6.07) is 4.80. The quantitative estimate of drug-likeness (QED) is 0.559. The summed E-state index contributed by atoms with van der Waals surface area (Å²) in [5, 5.41) is 6.19. The maximum Gasteiger partial charge on any atom is 0.252 e. The number of nitrogens with two attached hydrogens (primary N) is 2. The third-order valence-corrected chi connectivity index (χ3v) is 6.07. The van der Waals surface area contributed by atoms with Gasteiger partial charge in [-0.15, -0.1) is 0 Å². The Morgan fingerprint density at radius 1 is 1.10 bits per heavy atom. The van der Waals surface area contributed by atoms with E-state index in [1.54, 1.807) is 6.20 Å². The van der Waals surface area contributed by atoms with E-state index in [1.165, 1.54) is 19.3 Å². The molecule has 0 radical (unpaired) electrons. The minimum absolute atomic E-state index is 0.0175. The van der Waals surface area contributed by atoms with E-state index in [1.807, 2.05) is 12.1 Å². The number of pyridine rings is 2. The lowest BCUT2D eigenvalue weighted by molar-refractivity contribution is 0.100. The lowest BCUT2D eigenvalue weighted by Crippen LogP contribution is -2.43. The van der Waals surface area contributed by atoms with Crippen LogP contribution in [0.25, 0.3) is 0 Å². The number of aromatic nitrogens is 2. The zero-order valence-electron chi connectivity index (χ0n) is 17.6. The van der Waals surface area contributed by atoms with Crippen LogP contribution in [0.2, 0.25) is 0 Å². The molecule has 31 heavy (non-hydrogen) atoms. The number of rotatable bonds is 6. The molecule has 9 heteroatoms. The van der Waals surface area contributed by atoms with E-state index in [4.69, 9.17) is 11.5 Å². The second-order valence-electron chi connectivity index (χ2n) is 8.36. The first-order chi connectivity index (χ1) is 15.0. The molecule has 0 spiro atoms. The number of hydrogen-bond acceptors (Lipinski definition) is 7. The summed E-state index contributed by atoms with van der Waals surface area (Å²) in [6.45, 7) is 2.01.